The molecule has 0 spiro atoms. The minimum Gasteiger partial charge on any atom is -0.497 e. The van der Waals surface area contributed by atoms with Gasteiger partial charge in [0.05, 0.1) is 12.8 Å². The van der Waals surface area contributed by atoms with Crippen molar-refractivity contribution in [3.63, 3.8) is 0 Å². The van der Waals surface area contributed by atoms with Gasteiger partial charge in [0, 0.05) is 17.3 Å². The van der Waals surface area contributed by atoms with Crippen molar-refractivity contribution < 1.29 is 24.2 Å². The van der Waals surface area contributed by atoms with Gasteiger partial charge in [-0.1, -0.05) is 44.2 Å². The van der Waals surface area contributed by atoms with Gasteiger partial charge in [-0.15, -0.1) is 0 Å². The van der Waals surface area contributed by atoms with Gasteiger partial charge < -0.3 is 14.7 Å². The van der Waals surface area contributed by atoms with Crippen LogP contribution < -0.4 is 4.74 Å². The van der Waals surface area contributed by atoms with Gasteiger partial charge in [-0.05, 0) is 30.2 Å². The fraction of sp³-hybridized carbons (Fsp3) is 0.261. The molecule has 0 aromatic heterocycles. The van der Waals surface area contributed by atoms with Crippen LogP contribution in [0.15, 0.2) is 60.8 Å². The number of amides is 2. The monoisotopic (exact) mass is 408 g/mol. The number of nitrogens with zero attached hydrogens (tertiary/aromatic N) is 2. The van der Waals surface area contributed by atoms with Gasteiger partial charge in [0.2, 0.25) is 0 Å². The summed E-state index contributed by atoms with van der Waals surface area (Å²) < 4.78 is 5.26. The number of carboxylic acid groups (broad SMARTS) is 1. The summed E-state index contributed by atoms with van der Waals surface area (Å²) in [4.78, 5) is 40.8. The van der Waals surface area contributed by atoms with Crippen LogP contribution in [0.3, 0.4) is 0 Å². The summed E-state index contributed by atoms with van der Waals surface area (Å²) >= 11 is 0. The summed E-state index contributed by atoms with van der Waals surface area (Å²) in [7, 11) is 1.52. The van der Waals surface area contributed by atoms with Crippen molar-refractivity contribution in [2.45, 2.75) is 19.9 Å². The highest BCUT2D eigenvalue weighted by Crippen LogP contribution is 2.32. The maximum atomic E-state index is 13.4. The first-order valence-electron chi connectivity index (χ1n) is 9.60. The number of carbonyl (C=O) groups is 3. The van der Waals surface area contributed by atoms with E-state index in [0.29, 0.717) is 22.6 Å². The van der Waals surface area contributed by atoms with Gasteiger partial charge in [0.15, 0.2) is 0 Å². The molecule has 2 amide bonds. The van der Waals surface area contributed by atoms with Gasteiger partial charge in [0.1, 0.15) is 18.3 Å². The van der Waals surface area contributed by atoms with Crippen LogP contribution in [0.4, 0.5) is 0 Å². The van der Waals surface area contributed by atoms with E-state index in [1.807, 2.05) is 19.9 Å². The number of rotatable bonds is 6. The van der Waals surface area contributed by atoms with Gasteiger partial charge in [0.25, 0.3) is 11.8 Å². The predicted molar refractivity (Wildman–Crippen MR) is 112 cm³/mol. The predicted octanol–water partition coefficient (Wildman–Crippen LogP) is 3.09. The molecular formula is C23H24N2O5. The van der Waals surface area contributed by atoms with Crippen molar-refractivity contribution in [1.82, 2.24) is 9.80 Å². The quantitative estimate of drug-likeness (QED) is 0.794. The standard InChI is InChI=1S/C23H24N2O5/c1-15(2)21-23(29)24(14-20(26)27)19(17-10-7-11-18(12-17)30-3)13-25(21)22(28)16-8-5-4-6-9-16/h4-13,15,21H,14H2,1-3H3,(H,26,27). The molecule has 0 saturated heterocycles. The molecule has 0 bridgehead atoms. The molecule has 0 radical (unpaired) electrons. The van der Waals surface area contributed by atoms with Crippen molar-refractivity contribution in [3.05, 3.63) is 71.9 Å². The Bertz CT molecular complexity index is 984. The zero-order chi connectivity index (χ0) is 21.8. The first kappa shape index (κ1) is 21.1. The van der Waals surface area contributed by atoms with E-state index in [2.05, 4.69) is 0 Å². The van der Waals surface area contributed by atoms with Gasteiger partial charge in [-0.25, -0.2) is 0 Å². The van der Waals surface area contributed by atoms with Gasteiger partial charge >= 0.3 is 5.97 Å². The van der Waals surface area contributed by atoms with Crippen LogP contribution in [0, 0.1) is 5.92 Å². The molecule has 3 rings (SSSR count). The van der Waals surface area contributed by atoms with E-state index in [1.54, 1.807) is 54.7 Å². The summed E-state index contributed by atoms with van der Waals surface area (Å²) in [5.74, 6) is -1.55. The van der Waals surface area contributed by atoms with Crippen molar-refractivity contribution in [3.8, 4) is 5.75 Å². The first-order valence-corrected chi connectivity index (χ1v) is 9.60. The van der Waals surface area contributed by atoms with Crippen LogP contribution in [0.1, 0.15) is 29.8 Å². The summed E-state index contributed by atoms with van der Waals surface area (Å²) in [5, 5.41) is 9.40. The van der Waals surface area contributed by atoms with E-state index in [9.17, 15) is 19.5 Å². The second kappa shape index (κ2) is 8.82. The first-order chi connectivity index (χ1) is 14.3. The Balaban J connectivity index is 2.16. The van der Waals surface area contributed by atoms with Crippen LogP contribution >= 0.6 is 0 Å². The second-order valence-corrected chi connectivity index (χ2v) is 7.33. The molecule has 1 unspecified atom stereocenters. The van der Waals surface area contributed by atoms with Crippen molar-refractivity contribution in [2.24, 2.45) is 5.92 Å². The average molecular weight is 408 g/mol. The molecule has 156 valence electrons. The molecule has 1 atom stereocenters. The van der Waals surface area contributed by atoms with Crippen LogP contribution in [-0.4, -0.2) is 52.4 Å². The van der Waals surface area contributed by atoms with E-state index in [4.69, 9.17) is 4.74 Å². The van der Waals surface area contributed by atoms with Crippen molar-refractivity contribution in [1.29, 1.82) is 0 Å². The molecule has 0 fully saturated rings. The Morgan fingerprint density at radius 2 is 1.80 bits per heavy atom. The molecular weight excluding hydrogens is 384 g/mol. The number of methoxy groups -OCH3 is 1. The molecule has 0 saturated carbocycles. The molecule has 1 aliphatic rings. The van der Waals surface area contributed by atoms with Gasteiger partial charge in [-0.3, -0.25) is 19.3 Å². The molecule has 7 nitrogen and oxygen atoms in total. The second-order valence-electron chi connectivity index (χ2n) is 7.33. The lowest BCUT2D eigenvalue weighted by atomic mass is 9.96. The fourth-order valence-electron chi connectivity index (χ4n) is 3.51. The topological polar surface area (TPSA) is 87.2 Å². The van der Waals surface area contributed by atoms with Crippen LogP contribution in [0.25, 0.3) is 5.70 Å². The molecule has 1 heterocycles. The maximum Gasteiger partial charge on any atom is 0.323 e. The van der Waals surface area contributed by atoms with E-state index >= 15 is 0 Å². The van der Waals surface area contributed by atoms with E-state index < -0.39 is 24.5 Å². The Labute approximate surface area is 175 Å². The number of hydrogen-bond acceptors (Lipinski definition) is 4. The molecule has 1 aliphatic heterocycles. The number of hydrogen-bond donors (Lipinski definition) is 1. The maximum absolute atomic E-state index is 13.4. The lowest BCUT2D eigenvalue weighted by Crippen LogP contribution is -2.55. The van der Waals surface area contributed by atoms with E-state index in [0.717, 1.165) is 0 Å². The normalized spacial score (nSPS) is 16.5. The third kappa shape index (κ3) is 4.20. The zero-order valence-electron chi connectivity index (χ0n) is 17.1. The molecule has 7 heteroatoms. The molecule has 30 heavy (non-hydrogen) atoms. The van der Waals surface area contributed by atoms with Gasteiger partial charge in [-0.2, -0.15) is 0 Å². The molecule has 2 aromatic carbocycles. The largest absolute Gasteiger partial charge is 0.497 e. The van der Waals surface area contributed by atoms with Crippen molar-refractivity contribution >= 4 is 23.5 Å². The highest BCUT2D eigenvalue weighted by Gasteiger charge is 2.41. The third-order valence-corrected chi connectivity index (χ3v) is 4.92. The van der Waals surface area contributed by atoms with Crippen LogP contribution in [0.2, 0.25) is 0 Å². The summed E-state index contributed by atoms with van der Waals surface area (Å²) in [6, 6.07) is 14.8. The Kier molecular flexibility index (Phi) is 6.20. The molecule has 2 aromatic rings. The Morgan fingerprint density at radius 3 is 2.40 bits per heavy atom. The summed E-state index contributed by atoms with van der Waals surface area (Å²) in [6.07, 6.45) is 1.57. The molecule has 1 N–H and O–H groups in total. The highest BCUT2D eigenvalue weighted by molar-refractivity contribution is 6.03. The number of carbonyl (C=O) groups excluding carboxylic acids is 2. The number of ether oxygens (including phenoxy) is 1. The SMILES string of the molecule is COc1cccc(C2=CN(C(=O)c3ccccc3)C(C(C)C)C(=O)N2CC(=O)O)c1. The zero-order valence-corrected chi connectivity index (χ0v) is 17.1. The van der Waals surface area contributed by atoms with Crippen LogP contribution in [0.5, 0.6) is 5.75 Å². The third-order valence-electron chi connectivity index (χ3n) is 4.92. The smallest absolute Gasteiger partial charge is 0.323 e. The Hall–Kier alpha value is -3.61. The number of carboxylic acids is 1. The molecule has 0 aliphatic carbocycles. The average Bonchev–Trinajstić information content (AvgIpc) is 2.74. The highest BCUT2D eigenvalue weighted by atomic mass is 16.5. The van der Waals surface area contributed by atoms with E-state index in [-0.39, 0.29) is 11.8 Å². The summed E-state index contributed by atoms with van der Waals surface area (Å²) in [6.45, 7) is 3.16. The van der Waals surface area contributed by atoms with Crippen molar-refractivity contribution in [2.75, 3.05) is 13.7 Å². The lowest BCUT2D eigenvalue weighted by Gasteiger charge is -2.40. The van der Waals surface area contributed by atoms with E-state index in [1.165, 1.54) is 16.9 Å². The number of aliphatic carboxylic acids is 1. The number of benzene rings is 2. The van der Waals surface area contributed by atoms with Crippen LogP contribution in [-0.2, 0) is 9.59 Å². The lowest BCUT2D eigenvalue weighted by molar-refractivity contribution is -0.144. The summed E-state index contributed by atoms with van der Waals surface area (Å²) in [5.41, 5.74) is 1.36. The minimum absolute atomic E-state index is 0.218. The minimum atomic E-state index is -1.14. The fourth-order valence-corrected chi connectivity index (χ4v) is 3.51. The Morgan fingerprint density at radius 1 is 1.10 bits per heavy atom.